The van der Waals surface area contributed by atoms with E-state index in [4.69, 9.17) is 0 Å². The van der Waals surface area contributed by atoms with Crippen molar-refractivity contribution in [1.82, 2.24) is 15.5 Å². The first-order valence-corrected chi connectivity index (χ1v) is 9.40. The van der Waals surface area contributed by atoms with Gasteiger partial charge in [0.2, 0.25) is 0 Å². The van der Waals surface area contributed by atoms with Crippen molar-refractivity contribution in [3.8, 4) is 0 Å². The van der Waals surface area contributed by atoms with Crippen LogP contribution in [0.1, 0.15) is 32.3 Å². The summed E-state index contributed by atoms with van der Waals surface area (Å²) in [5.74, 6) is 1.23. The van der Waals surface area contributed by atoms with Crippen molar-refractivity contribution in [1.29, 1.82) is 0 Å². The average molecular weight is 527 g/mol. The third-order valence-corrected chi connectivity index (χ3v) is 4.73. The molecule has 0 amide bonds. The van der Waals surface area contributed by atoms with Crippen LogP contribution in [0.2, 0.25) is 0 Å². The minimum absolute atomic E-state index is 0. The third-order valence-electron chi connectivity index (χ3n) is 4.24. The fourth-order valence-corrected chi connectivity index (χ4v) is 3.34. The molecule has 0 spiro atoms. The topological polar surface area (TPSA) is 39.7 Å². The summed E-state index contributed by atoms with van der Waals surface area (Å²) < 4.78 is 14.6. The van der Waals surface area contributed by atoms with Crippen molar-refractivity contribution in [2.45, 2.75) is 39.3 Å². The maximum Gasteiger partial charge on any atom is 0.191 e. The Balaban J connectivity index is 0.00000312. The van der Waals surface area contributed by atoms with E-state index < -0.39 is 0 Å². The second-order valence-corrected chi connectivity index (χ2v) is 7.69. The van der Waals surface area contributed by atoms with Crippen LogP contribution in [0.3, 0.4) is 0 Å². The molecule has 0 atom stereocenters. The first kappa shape index (κ1) is 22.6. The number of halogens is 3. The normalized spacial score (nSPS) is 16.6. The zero-order chi connectivity index (χ0) is 17.5. The Morgan fingerprint density at radius 2 is 2.04 bits per heavy atom. The summed E-state index contributed by atoms with van der Waals surface area (Å²) in [4.78, 5) is 6.79. The molecule has 1 saturated heterocycles. The minimum Gasteiger partial charge on any atom is -0.354 e. The molecule has 7 heteroatoms. The van der Waals surface area contributed by atoms with E-state index in [1.165, 1.54) is 12.6 Å². The smallest absolute Gasteiger partial charge is 0.191 e. The predicted octanol–water partition coefficient (Wildman–Crippen LogP) is 3.99. The molecular formula is C18H29BrFIN4. The molecule has 0 saturated carbocycles. The highest BCUT2D eigenvalue weighted by Crippen LogP contribution is 2.15. The molecule has 1 aromatic rings. The largest absolute Gasteiger partial charge is 0.354 e. The van der Waals surface area contributed by atoms with Crippen molar-refractivity contribution in [3.05, 3.63) is 34.1 Å². The van der Waals surface area contributed by atoms with Crippen LogP contribution in [-0.2, 0) is 6.54 Å². The van der Waals surface area contributed by atoms with Gasteiger partial charge in [0.15, 0.2) is 5.96 Å². The maximum absolute atomic E-state index is 13.9. The van der Waals surface area contributed by atoms with E-state index in [0.29, 0.717) is 24.1 Å². The molecule has 4 nitrogen and oxygen atoms in total. The molecule has 0 radical (unpaired) electrons. The molecule has 2 rings (SSSR count). The minimum atomic E-state index is -0.214. The lowest BCUT2D eigenvalue weighted by atomic mass is 10.0. The summed E-state index contributed by atoms with van der Waals surface area (Å²) in [5.41, 5.74) is 0.632. The summed E-state index contributed by atoms with van der Waals surface area (Å²) in [6.45, 7) is 8.35. The number of hydrogen-bond acceptors (Lipinski definition) is 2. The van der Waals surface area contributed by atoms with Gasteiger partial charge in [0.05, 0.1) is 0 Å². The van der Waals surface area contributed by atoms with Crippen molar-refractivity contribution in [2.24, 2.45) is 10.9 Å². The van der Waals surface area contributed by atoms with Gasteiger partial charge in [-0.2, -0.15) is 0 Å². The summed E-state index contributed by atoms with van der Waals surface area (Å²) in [7, 11) is 1.75. The fourth-order valence-electron chi connectivity index (χ4n) is 3.01. The Hall–Kier alpha value is -0.410. The standard InChI is InChI=1S/C18H28BrFN4.HI/c1-13(2)12-24-8-6-16(7-9-24)23-18(21-3)22-11-14-4-5-15(19)10-17(14)20;/h4-5,10,13,16H,6-9,11-12H2,1-3H3,(H2,21,22,23);1H. The molecule has 1 aliphatic heterocycles. The maximum atomic E-state index is 13.9. The van der Waals surface area contributed by atoms with Gasteiger partial charge in [0.1, 0.15) is 5.82 Å². The van der Waals surface area contributed by atoms with E-state index in [1.54, 1.807) is 13.1 Å². The van der Waals surface area contributed by atoms with Crippen LogP contribution in [0, 0.1) is 11.7 Å². The van der Waals surface area contributed by atoms with Gasteiger partial charge in [-0.15, -0.1) is 24.0 Å². The van der Waals surface area contributed by atoms with Gasteiger partial charge in [-0.3, -0.25) is 4.99 Å². The van der Waals surface area contributed by atoms with Crippen molar-refractivity contribution < 1.29 is 4.39 Å². The molecule has 0 unspecified atom stereocenters. The summed E-state index contributed by atoms with van der Waals surface area (Å²) >= 11 is 3.27. The number of piperidine rings is 1. The molecule has 0 aliphatic carbocycles. The van der Waals surface area contributed by atoms with Crippen LogP contribution in [0.15, 0.2) is 27.7 Å². The lowest BCUT2D eigenvalue weighted by Crippen LogP contribution is -2.49. The number of likely N-dealkylation sites (tertiary alicyclic amines) is 1. The first-order chi connectivity index (χ1) is 11.5. The average Bonchev–Trinajstić information content (AvgIpc) is 2.54. The lowest BCUT2D eigenvalue weighted by Gasteiger charge is -2.34. The quantitative estimate of drug-likeness (QED) is 0.346. The SMILES string of the molecule is CN=C(NCc1ccc(Br)cc1F)NC1CCN(CC(C)C)CC1.I. The van der Waals surface area contributed by atoms with Crippen LogP contribution in [0.5, 0.6) is 0 Å². The van der Waals surface area contributed by atoms with Crippen LogP contribution in [0.25, 0.3) is 0 Å². The number of benzene rings is 1. The first-order valence-electron chi connectivity index (χ1n) is 8.61. The Morgan fingerprint density at radius 3 is 2.60 bits per heavy atom. The van der Waals surface area contributed by atoms with E-state index in [1.807, 2.05) is 6.07 Å². The number of nitrogens with zero attached hydrogens (tertiary/aromatic N) is 2. The molecular weight excluding hydrogens is 498 g/mol. The van der Waals surface area contributed by atoms with E-state index in [0.717, 1.165) is 36.4 Å². The van der Waals surface area contributed by atoms with Gasteiger partial charge < -0.3 is 15.5 Å². The fraction of sp³-hybridized carbons (Fsp3) is 0.611. The van der Waals surface area contributed by atoms with Gasteiger partial charge in [0.25, 0.3) is 0 Å². The zero-order valence-corrected chi connectivity index (χ0v) is 19.1. The molecule has 142 valence electrons. The number of nitrogens with one attached hydrogen (secondary N) is 2. The molecule has 1 aromatic carbocycles. The third kappa shape index (κ3) is 7.78. The van der Waals surface area contributed by atoms with Gasteiger partial charge in [-0.25, -0.2) is 4.39 Å². The second kappa shape index (κ2) is 11.3. The molecule has 1 heterocycles. The monoisotopic (exact) mass is 526 g/mol. The molecule has 0 bridgehead atoms. The highest BCUT2D eigenvalue weighted by Gasteiger charge is 2.20. The number of hydrogen-bond donors (Lipinski definition) is 2. The molecule has 25 heavy (non-hydrogen) atoms. The second-order valence-electron chi connectivity index (χ2n) is 6.77. The van der Waals surface area contributed by atoms with Crippen molar-refractivity contribution in [3.63, 3.8) is 0 Å². The number of rotatable bonds is 5. The zero-order valence-electron chi connectivity index (χ0n) is 15.2. The van der Waals surface area contributed by atoms with Crippen LogP contribution < -0.4 is 10.6 Å². The Kier molecular flexibility index (Phi) is 10.3. The molecule has 2 N–H and O–H groups in total. The summed E-state index contributed by atoms with van der Waals surface area (Å²) in [6, 6.07) is 5.54. The van der Waals surface area contributed by atoms with E-state index in [-0.39, 0.29) is 29.8 Å². The van der Waals surface area contributed by atoms with Crippen molar-refractivity contribution in [2.75, 3.05) is 26.7 Å². The van der Waals surface area contributed by atoms with Gasteiger partial charge >= 0.3 is 0 Å². The Labute approximate surface area is 176 Å². The summed E-state index contributed by atoms with van der Waals surface area (Å²) in [6.07, 6.45) is 2.22. The number of guanidine groups is 1. The molecule has 1 aliphatic rings. The highest BCUT2D eigenvalue weighted by molar-refractivity contribution is 14.0. The van der Waals surface area contributed by atoms with Gasteiger partial charge in [-0.1, -0.05) is 35.8 Å². The highest BCUT2D eigenvalue weighted by atomic mass is 127. The van der Waals surface area contributed by atoms with E-state index >= 15 is 0 Å². The Morgan fingerprint density at radius 1 is 1.36 bits per heavy atom. The number of aliphatic imine (C=N–C) groups is 1. The van der Waals surface area contributed by atoms with Crippen LogP contribution in [0.4, 0.5) is 4.39 Å². The molecule has 1 fully saturated rings. The van der Waals surface area contributed by atoms with Gasteiger partial charge in [-0.05, 0) is 30.9 Å². The van der Waals surface area contributed by atoms with Crippen LogP contribution >= 0.6 is 39.9 Å². The van der Waals surface area contributed by atoms with E-state index in [2.05, 4.69) is 50.3 Å². The lowest BCUT2D eigenvalue weighted by molar-refractivity contribution is 0.187. The summed E-state index contributed by atoms with van der Waals surface area (Å²) in [5, 5.41) is 6.67. The van der Waals surface area contributed by atoms with Crippen molar-refractivity contribution >= 4 is 45.9 Å². The van der Waals surface area contributed by atoms with Gasteiger partial charge in [0, 0.05) is 49.3 Å². The van der Waals surface area contributed by atoms with Crippen LogP contribution in [-0.4, -0.2) is 43.6 Å². The molecule has 0 aromatic heterocycles. The Bertz CT molecular complexity index is 560. The van der Waals surface area contributed by atoms with E-state index in [9.17, 15) is 4.39 Å². The predicted molar refractivity (Wildman–Crippen MR) is 117 cm³/mol.